The van der Waals surface area contributed by atoms with Crippen molar-refractivity contribution in [2.75, 3.05) is 33.6 Å². The lowest BCUT2D eigenvalue weighted by molar-refractivity contribution is -0.124. The number of methoxy groups -OCH3 is 3. The summed E-state index contributed by atoms with van der Waals surface area (Å²) in [7, 11) is 4.53. The van der Waals surface area contributed by atoms with Crippen LogP contribution in [0.2, 0.25) is 0 Å². The summed E-state index contributed by atoms with van der Waals surface area (Å²) in [4.78, 5) is 27.6. The molecule has 2 atom stereocenters. The number of benzene rings is 1. The van der Waals surface area contributed by atoms with Crippen LogP contribution < -0.4 is 19.5 Å². The molecule has 2 rings (SSSR count). The third-order valence-corrected chi connectivity index (χ3v) is 5.89. The van der Waals surface area contributed by atoms with Crippen LogP contribution in [0, 0.1) is 0 Å². The van der Waals surface area contributed by atoms with Gasteiger partial charge in [-0.2, -0.15) is 0 Å². The van der Waals surface area contributed by atoms with Crippen molar-refractivity contribution in [1.82, 2.24) is 10.2 Å². The zero-order valence-electron chi connectivity index (χ0n) is 16.5. The molecule has 150 valence electrons. The molecule has 1 fully saturated rings. The van der Waals surface area contributed by atoms with Gasteiger partial charge in [-0.05, 0) is 25.0 Å². The van der Waals surface area contributed by atoms with Gasteiger partial charge in [-0.1, -0.05) is 13.8 Å². The number of nitrogens with zero attached hydrogens (tertiary/aromatic N) is 1. The van der Waals surface area contributed by atoms with Crippen LogP contribution in [0.3, 0.4) is 0 Å². The number of carbonyl (C=O) groups is 2. The van der Waals surface area contributed by atoms with Crippen LogP contribution in [-0.2, 0) is 4.79 Å². The van der Waals surface area contributed by atoms with Gasteiger partial charge in [-0.15, -0.1) is 11.8 Å². The number of hydrogen-bond acceptors (Lipinski definition) is 6. The minimum absolute atomic E-state index is 0.0473. The van der Waals surface area contributed by atoms with E-state index >= 15 is 0 Å². The van der Waals surface area contributed by atoms with Crippen molar-refractivity contribution < 1.29 is 23.8 Å². The first kappa shape index (κ1) is 21.2. The molecule has 0 saturated carbocycles. The second-order valence-electron chi connectivity index (χ2n) is 6.13. The predicted molar refractivity (Wildman–Crippen MR) is 106 cm³/mol. The molecule has 1 heterocycles. The van der Waals surface area contributed by atoms with Crippen LogP contribution in [0.1, 0.15) is 37.0 Å². The van der Waals surface area contributed by atoms with E-state index in [0.29, 0.717) is 35.1 Å². The summed E-state index contributed by atoms with van der Waals surface area (Å²) >= 11 is 1.63. The van der Waals surface area contributed by atoms with Crippen molar-refractivity contribution in [1.29, 1.82) is 0 Å². The van der Waals surface area contributed by atoms with E-state index in [9.17, 15) is 9.59 Å². The van der Waals surface area contributed by atoms with Crippen molar-refractivity contribution in [3.63, 3.8) is 0 Å². The average molecular weight is 397 g/mol. The molecule has 8 heteroatoms. The van der Waals surface area contributed by atoms with Crippen LogP contribution >= 0.6 is 11.8 Å². The zero-order chi connectivity index (χ0) is 20.0. The maximum absolute atomic E-state index is 13.3. The first-order valence-electron chi connectivity index (χ1n) is 9.04. The van der Waals surface area contributed by atoms with Gasteiger partial charge in [0.05, 0.1) is 26.7 Å². The van der Waals surface area contributed by atoms with E-state index in [1.54, 1.807) is 28.8 Å². The molecule has 1 aromatic rings. The molecular weight excluding hydrogens is 368 g/mol. The molecule has 7 nitrogen and oxygen atoms in total. The van der Waals surface area contributed by atoms with Crippen LogP contribution in [0.4, 0.5) is 0 Å². The number of rotatable bonds is 8. The van der Waals surface area contributed by atoms with Gasteiger partial charge in [-0.3, -0.25) is 9.59 Å². The molecule has 0 bridgehead atoms. The second-order valence-corrected chi connectivity index (χ2v) is 7.34. The molecule has 2 unspecified atom stereocenters. The Morgan fingerprint density at radius 2 is 1.78 bits per heavy atom. The van der Waals surface area contributed by atoms with Gasteiger partial charge in [0.2, 0.25) is 11.7 Å². The summed E-state index contributed by atoms with van der Waals surface area (Å²) in [6.45, 7) is 4.61. The van der Waals surface area contributed by atoms with Crippen LogP contribution in [-0.4, -0.2) is 61.8 Å². The Bertz CT molecular complexity index is 657. The topological polar surface area (TPSA) is 77.1 Å². The summed E-state index contributed by atoms with van der Waals surface area (Å²) in [5.41, 5.74) is 0.402. The Hall–Kier alpha value is -2.09. The molecular formula is C19H28N2O5S. The maximum atomic E-state index is 13.3. The first-order valence-corrected chi connectivity index (χ1v) is 10.1. The quantitative estimate of drug-likeness (QED) is 0.728. The molecule has 0 aliphatic carbocycles. The highest BCUT2D eigenvalue weighted by Gasteiger charge is 2.41. The molecule has 0 spiro atoms. The monoisotopic (exact) mass is 396 g/mol. The fourth-order valence-corrected chi connectivity index (χ4v) is 4.43. The van der Waals surface area contributed by atoms with Crippen LogP contribution in [0.25, 0.3) is 0 Å². The number of carbonyl (C=O) groups excluding carboxylic acids is 2. The molecule has 1 aromatic carbocycles. The third kappa shape index (κ3) is 4.43. The lowest BCUT2D eigenvalue weighted by Crippen LogP contribution is -2.49. The SMILES string of the molecule is CCCNC(=O)C1CSC(CC)N1C(=O)c1cc(OC)c(OC)c(OC)c1. The molecule has 0 radical (unpaired) electrons. The largest absolute Gasteiger partial charge is 0.493 e. The van der Waals surface area contributed by atoms with E-state index in [-0.39, 0.29) is 17.2 Å². The summed E-state index contributed by atoms with van der Waals surface area (Å²) < 4.78 is 16.0. The molecule has 2 amide bonds. The smallest absolute Gasteiger partial charge is 0.255 e. The van der Waals surface area contributed by atoms with Crippen molar-refractivity contribution in [3.8, 4) is 17.2 Å². The summed E-state index contributed by atoms with van der Waals surface area (Å²) in [6.07, 6.45) is 1.61. The Kier molecular flexibility index (Phi) is 7.65. The first-order chi connectivity index (χ1) is 13.0. The minimum atomic E-state index is -0.488. The Balaban J connectivity index is 2.38. The van der Waals surface area contributed by atoms with E-state index in [1.807, 2.05) is 13.8 Å². The van der Waals surface area contributed by atoms with E-state index in [2.05, 4.69) is 5.32 Å². The summed E-state index contributed by atoms with van der Waals surface area (Å²) in [6, 6.07) is 2.76. The number of thioether (sulfide) groups is 1. The molecule has 1 aliphatic heterocycles. The van der Waals surface area contributed by atoms with Crippen molar-refractivity contribution in [2.45, 2.75) is 38.1 Å². The second kappa shape index (κ2) is 9.73. The number of amides is 2. The van der Waals surface area contributed by atoms with Gasteiger partial charge in [-0.25, -0.2) is 0 Å². The molecule has 27 heavy (non-hydrogen) atoms. The zero-order valence-corrected chi connectivity index (χ0v) is 17.4. The van der Waals surface area contributed by atoms with Gasteiger partial charge in [0.25, 0.3) is 5.91 Å². The summed E-state index contributed by atoms with van der Waals surface area (Å²) in [5.74, 6) is 1.50. The van der Waals surface area contributed by atoms with Crippen molar-refractivity contribution in [2.24, 2.45) is 0 Å². The molecule has 1 aliphatic rings. The number of hydrogen-bond donors (Lipinski definition) is 1. The highest BCUT2D eigenvalue weighted by atomic mass is 32.2. The molecule has 1 saturated heterocycles. The predicted octanol–water partition coefficient (Wildman–Crippen LogP) is 2.53. The van der Waals surface area contributed by atoms with Gasteiger partial charge in [0, 0.05) is 17.9 Å². The van der Waals surface area contributed by atoms with Gasteiger partial charge in [0.15, 0.2) is 11.5 Å². The lowest BCUT2D eigenvalue weighted by atomic mass is 10.1. The molecule has 0 aromatic heterocycles. The summed E-state index contributed by atoms with van der Waals surface area (Å²) in [5, 5.41) is 2.86. The minimum Gasteiger partial charge on any atom is -0.493 e. The van der Waals surface area contributed by atoms with Crippen molar-refractivity contribution >= 4 is 23.6 Å². The van der Waals surface area contributed by atoms with Gasteiger partial charge in [0.1, 0.15) is 6.04 Å². The van der Waals surface area contributed by atoms with E-state index in [4.69, 9.17) is 14.2 Å². The Morgan fingerprint density at radius 1 is 1.15 bits per heavy atom. The fraction of sp³-hybridized carbons (Fsp3) is 0.579. The van der Waals surface area contributed by atoms with E-state index in [0.717, 1.165) is 12.8 Å². The van der Waals surface area contributed by atoms with E-state index in [1.165, 1.54) is 21.3 Å². The standard InChI is InChI=1S/C19H28N2O5S/c1-6-8-20-18(22)13-11-27-16(7-2)21(13)19(23)12-9-14(24-3)17(26-5)15(10-12)25-4/h9-10,13,16H,6-8,11H2,1-5H3,(H,20,22). The molecule has 1 N–H and O–H groups in total. The van der Waals surface area contributed by atoms with Gasteiger partial charge < -0.3 is 24.4 Å². The van der Waals surface area contributed by atoms with E-state index < -0.39 is 6.04 Å². The van der Waals surface area contributed by atoms with Crippen molar-refractivity contribution in [3.05, 3.63) is 17.7 Å². The fourth-order valence-electron chi connectivity index (χ4n) is 3.07. The Morgan fingerprint density at radius 3 is 2.26 bits per heavy atom. The lowest BCUT2D eigenvalue weighted by Gasteiger charge is -2.28. The highest BCUT2D eigenvalue weighted by Crippen LogP contribution is 2.40. The normalized spacial score (nSPS) is 18.9. The number of nitrogens with one attached hydrogen (secondary N) is 1. The maximum Gasteiger partial charge on any atom is 0.255 e. The van der Waals surface area contributed by atoms with Crippen LogP contribution in [0.5, 0.6) is 17.2 Å². The average Bonchev–Trinajstić information content (AvgIpc) is 3.14. The van der Waals surface area contributed by atoms with Crippen LogP contribution in [0.15, 0.2) is 12.1 Å². The third-order valence-electron chi connectivity index (χ3n) is 4.44. The van der Waals surface area contributed by atoms with Gasteiger partial charge >= 0.3 is 0 Å². The highest BCUT2D eigenvalue weighted by molar-refractivity contribution is 8.00. The number of ether oxygens (including phenoxy) is 3. The Labute approximate surface area is 164 Å².